The summed E-state index contributed by atoms with van der Waals surface area (Å²) in [6.45, 7) is 0.156. The van der Waals surface area contributed by atoms with Crippen LogP contribution in [0.3, 0.4) is 0 Å². The molecule has 1 aliphatic rings. The minimum Gasteiger partial charge on any atom is -0.454 e. The number of fused-ring (bicyclic) bond motifs is 1. The molecule has 1 heterocycles. The van der Waals surface area contributed by atoms with Gasteiger partial charge in [0.1, 0.15) is 5.82 Å². The topological polar surface area (TPSA) is 59.9 Å². The van der Waals surface area contributed by atoms with Crippen molar-refractivity contribution in [2.75, 3.05) is 6.79 Å². The molecule has 0 atom stereocenters. The molecule has 1 N–H and O–H groups in total. The molecule has 0 saturated carbocycles. The molecule has 106 valence electrons. The van der Waals surface area contributed by atoms with Crippen molar-refractivity contribution in [3.8, 4) is 11.5 Å². The van der Waals surface area contributed by atoms with Gasteiger partial charge >= 0.3 is 0 Å². The lowest BCUT2D eigenvalue weighted by molar-refractivity contribution is 0.0954. The second kappa shape index (κ2) is 5.62. The number of rotatable bonds is 3. The van der Waals surface area contributed by atoms with Crippen molar-refractivity contribution in [2.24, 2.45) is 5.10 Å². The number of hydrogen-bond donors (Lipinski definition) is 1. The summed E-state index contributed by atoms with van der Waals surface area (Å²) in [5, 5.41) is 3.82. The van der Waals surface area contributed by atoms with Gasteiger partial charge in [-0.15, -0.1) is 0 Å². The summed E-state index contributed by atoms with van der Waals surface area (Å²) in [5.74, 6) is 0.453. The van der Waals surface area contributed by atoms with E-state index in [1.54, 1.807) is 30.3 Å². The third-order valence-corrected chi connectivity index (χ3v) is 2.88. The quantitative estimate of drug-likeness (QED) is 0.696. The zero-order chi connectivity index (χ0) is 14.7. The fourth-order valence-electron chi connectivity index (χ4n) is 1.82. The third kappa shape index (κ3) is 3.00. The van der Waals surface area contributed by atoms with Crippen molar-refractivity contribution >= 4 is 12.1 Å². The molecular formula is C15H11FN2O3. The predicted octanol–water partition coefficient (Wildman–Crippen LogP) is 2.32. The average Bonchev–Trinajstić information content (AvgIpc) is 2.96. The molecule has 0 unspecified atom stereocenters. The Bertz CT molecular complexity index is 699. The van der Waals surface area contributed by atoms with Crippen LogP contribution in [0.1, 0.15) is 15.9 Å². The SMILES string of the molecule is O=C(NN=Cc1ccc(F)cc1)c1ccc2c(c1)OCO2. The van der Waals surface area contributed by atoms with Crippen molar-refractivity contribution in [1.29, 1.82) is 0 Å². The number of amides is 1. The molecule has 0 bridgehead atoms. The van der Waals surface area contributed by atoms with Gasteiger partial charge in [0, 0.05) is 5.56 Å². The highest BCUT2D eigenvalue weighted by atomic mass is 19.1. The van der Waals surface area contributed by atoms with E-state index in [4.69, 9.17) is 9.47 Å². The lowest BCUT2D eigenvalue weighted by Crippen LogP contribution is -2.17. The highest BCUT2D eigenvalue weighted by Gasteiger charge is 2.15. The van der Waals surface area contributed by atoms with Gasteiger partial charge in [0.15, 0.2) is 11.5 Å². The van der Waals surface area contributed by atoms with Crippen molar-refractivity contribution in [3.63, 3.8) is 0 Å². The summed E-state index contributed by atoms with van der Waals surface area (Å²) in [5.41, 5.74) is 3.49. The number of hydrazone groups is 1. The van der Waals surface area contributed by atoms with E-state index >= 15 is 0 Å². The molecule has 0 aromatic heterocycles. The van der Waals surface area contributed by atoms with E-state index < -0.39 is 0 Å². The highest BCUT2D eigenvalue weighted by Crippen LogP contribution is 2.32. The number of nitrogens with one attached hydrogen (secondary N) is 1. The van der Waals surface area contributed by atoms with Crippen molar-refractivity contribution < 1.29 is 18.7 Å². The van der Waals surface area contributed by atoms with Crippen LogP contribution in [0.15, 0.2) is 47.6 Å². The molecule has 0 fully saturated rings. The Kier molecular flexibility index (Phi) is 3.51. The van der Waals surface area contributed by atoms with Crippen LogP contribution in [0.25, 0.3) is 0 Å². The fourth-order valence-corrected chi connectivity index (χ4v) is 1.82. The summed E-state index contributed by atoms with van der Waals surface area (Å²) in [6, 6.07) is 10.6. The maximum Gasteiger partial charge on any atom is 0.271 e. The van der Waals surface area contributed by atoms with Gasteiger partial charge in [-0.2, -0.15) is 5.10 Å². The summed E-state index contributed by atoms with van der Waals surface area (Å²) in [4.78, 5) is 11.9. The van der Waals surface area contributed by atoms with Gasteiger partial charge in [-0.3, -0.25) is 4.79 Å². The van der Waals surface area contributed by atoms with Gasteiger partial charge in [0.2, 0.25) is 6.79 Å². The minimum atomic E-state index is -0.369. The number of carbonyl (C=O) groups is 1. The normalized spacial score (nSPS) is 12.6. The van der Waals surface area contributed by atoms with E-state index in [0.29, 0.717) is 22.6 Å². The Morgan fingerprint density at radius 3 is 2.71 bits per heavy atom. The second-order valence-corrected chi connectivity index (χ2v) is 4.32. The van der Waals surface area contributed by atoms with Crippen molar-refractivity contribution in [1.82, 2.24) is 5.43 Å². The largest absolute Gasteiger partial charge is 0.454 e. The number of nitrogens with zero attached hydrogens (tertiary/aromatic N) is 1. The molecule has 0 spiro atoms. The first-order valence-corrected chi connectivity index (χ1v) is 6.21. The number of halogens is 1. The molecule has 6 heteroatoms. The number of ether oxygens (including phenoxy) is 2. The van der Waals surface area contributed by atoms with Gasteiger partial charge in [0.25, 0.3) is 5.91 Å². The Hall–Kier alpha value is -2.89. The third-order valence-electron chi connectivity index (χ3n) is 2.88. The van der Waals surface area contributed by atoms with Crippen LogP contribution in [0, 0.1) is 5.82 Å². The summed E-state index contributed by atoms with van der Waals surface area (Å²) < 4.78 is 23.1. The molecule has 5 nitrogen and oxygen atoms in total. The van der Waals surface area contributed by atoms with Gasteiger partial charge in [-0.25, -0.2) is 9.82 Å². The van der Waals surface area contributed by atoms with Gasteiger partial charge in [0.05, 0.1) is 6.21 Å². The summed E-state index contributed by atoms with van der Waals surface area (Å²) in [7, 11) is 0. The molecule has 0 radical (unpaired) electrons. The Morgan fingerprint density at radius 2 is 1.90 bits per heavy atom. The molecule has 2 aromatic rings. The molecule has 1 aliphatic heterocycles. The smallest absolute Gasteiger partial charge is 0.271 e. The van der Waals surface area contributed by atoms with Gasteiger partial charge in [-0.1, -0.05) is 12.1 Å². The lowest BCUT2D eigenvalue weighted by atomic mass is 10.2. The number of carbonyl (C=O) groups excluding carboxylic acids is 1. The first kappa shape index (κ1) is 13.1. The Morgan fingerprint density at radius 1 is 1.14 bits per heavy atom. The minimum absolute atomic E-state index is 0.156. The fraction of sp³-hybridized carbons (Fsp3) is 0.0667. The number of hydrogen-bond acceptors (Lipinski definition) is 4. The molecule has 21 heavy (non-hydrogen) atoms. The lowest BCUT2D eigenvalue weighted by Gasteiger charge is -2.01. The Balaban J connectivity index is 1.65. The monoisotopic (exact) mass is 286 g/mol. The van der Waals surface area contributed by atoms with Crippen molar-refractivity contribution in [2.45, 2.75) is 0 Å². The van der Waals surface area contributed by atoms with Crippen molar-refractivity contribution in [3.05, 3.63) is 59.4 Å². The van der Waals surface area contributed by atoms with E-state index in [9.17, 15) is 9.18 Å². The van der Waals surface area contributed by atoms with Crippen LogP contribution < -0.4 is 14.9 Å². The summed E-state index contributed by atoms with van der Waals surface area (Å²) >= 11 is 0. The first-order chi connectivity index (χ1) is 10.2. The zero-order valence-corrected chi connectivity index (χ0v) is 10.9. The summed E-state index contributed by atoms with van der Waals surface area (Å²) in [6.07, 6.45) is 1.43. The van der Waals surface area contributed by atoms with Crippen LogP contribution in [0.4, 0.5) is 4.39 Å². The maximum absolute atomic E-state index is 12.7. The van der Waals surface area contributed by atoms with Gasteiger partial charge in [-0.05, 0) is 35.9 Å². The molecular weight excluding hydrogens is 275 g/mol. The van der Waals surface area contributed by atoms with E-state index in [2.05, 4.69) is 10.5 Å². The van der Waals surface area contributed by atoms with E-state index in [1.165, 1.54) is 18.3 Å². The molecule has 1 amide bonds. The van der Waals surface area contributed by atoms with Crippen LogP contribution in [-0.4, -0.2) is 18.9 Å². The molecule has 2 aromatic carbocycles. The van der Waals surface area contributed by atoms with E-state index in [1.807, 2.05) is 0 Å². The molecule has 3 rings (SSSR count). The highest BCUT2D eigenvalue weighted by molar-refractivity contribution is 5.95. The zero-order valence-electron chi connectivity index (χ0n) is 10.9. The van der Waals surface area contributed by atoms with Crippen LogP contribution >= 0.6 is 0 Å². The maximum atomic E-state index is 12.7. The molecule has 0 aliphatic carbocycles. The number of benzene rings is 2. The van der Waals surface area contributed by atoms with Gasteiger partial charge < -0.3 is 9.47 Å². The van der Waals surface area contributed by atoms with Crippen LogP contribution in [0.2, 0.25) is 0 Å². The van der Waals surface area contributed by atoms with E-state index in [0.717, 1.165) is 0 Å². The Labute approximate surface area is 120 Å². The second-order valence-electron chi connectivity index (χ2n) is 4.32. The van der Waals surface area contributed by atoms with Crippen LogP contribution in [0.5, 0.6) is 11.5 Å². The first-order valence-electron chi connectivity index (χ1n) is 6.21. The average molecular weight is 286 g/mol. The molecule has 0 saturated heterocycles. The van der Waals surface area contributed by atoms with E-state index in [-0.39, 0.29) is 18.5 Å². The van der Waals surface area contributed by atoms with Crippen LogP contribution in [-0.2, 0) is 0 Å². The standard InChI is InChI=1S/C15H11FN2O3/c16-12-4-1-10(2-5-12)8-17-18-15(19)11-3-6-13-14(7-11)21-9-20-13/h1-8H,9H2,(H,18,19). The predicted molar refractivity (Wildman–Crippen MR) is 74.0 cm³/mol.